The second kappa shape index (κ2) is 8.92. The number of nitrogens with one attached hydrogen (secondary N) is 1. The van der Waals surface area contributed by atoms with Gasteiger partial charge in [-0.25, -0.2) is 17.6 Å². The molecule has 0 unspecified atom stereocenters. The normalized spacial score (nSPS) is 12.0. The topological polar surface area (TPSA) is 28.3 Å². The molecule has 0 amide bonds. The lowest BCUT2D eigenvalue weighted by atomic mass is 10.1. The van der Waals surface area contributed by atoms with E-state index in [-0.39, 0.29) is 25.9 Å². The summed E-state index contributed by atoms with van der Waals surface area (Å²) in [5.41, 5.74) is 1.97. The van der Waals surface area contributed by atoms with Crippen LogP contribution in [0, 0.1) is 0 Å². The average molecular weight is 346 g/mol. The van der Waals surface area contributed by atoms with Crippen molar-refractivity contribution in [2.45, 2.75) is 32.1 Å². The maximum Gasteiger partial charge on any atom is 0.239 e. The Bertz CT molecular complexity index is 618. The molecule has 0 aliphatic heterocycles. The van der Waals surface area contributed by atoms with Gasteiger partial charge in [-0.1, -0.05) is 0 Å². The van der Waals surface area contributed by atoms with Crippen molar-refractivity contribution in [3.63, 3.8) is 0 Å². The smallest absolute Gasteiger partial charge is 0.239 e. The monoisotopic (exact) mass is 346 g/mol. The number of ether oxygens (including phenoxy) is 1. The second-order valence-electron chi connectivity index (χ2n) is 5.68. The fourth-order valence-electron chi connectivity index (χ4n) is 2.67. The Morgan fingerprint density at radius 3 is 2.29 bits per heavy atom. The maximum absolute atomic E-state index is 12.4. The van der Waals surface area contributed by atoms with Crippen molar-refractivity contribution >= 4 is 10.9 Å². The molecule has 1 aromatic carbocycles. The number of aromatic nitrogens is 1. The van der Waals surface area contributed by atoms with Crippen LogP contribution in [-0.2, 0) is 6.42 Å². The van der Waals surface area contributed by atoms with Gasteiger partial charge in [-0.3, -0.25) is 0 Å². The Kier molecular flexibility index (Phi) is 6.90. The summed E-state index contributed by atoms with van der Waals surface area (Å²) in [6.45, 7) is 0.704. The zero-order valence-corrected chi connectivity index (χ0v) is 13.6. The number of hydrogen-bond acceptors (Lipinski definition) is 2. The van der Waals surface area contributed by atoms with Gasteiger partial charge >= 0.3 is 0 Å². The van der Waals surface area contributed by atoms with Gasteiger partial charge in [-0.15, -0.1) is 0 Å². The van der Waals surface area contributed by atoms with Crippen LogP contribution in [0.2, 0.25) is 0 Å². The van der Waals surface area contributed by atoms with Crippen LogP contribution in [0.3, 0.4) is 0 Å². The molecule has 0 radical (unpaired) electrons. The number of rotatable bonds is 10. The molecular weight excluding hydrogens is 324 g/mol. The first-order valence-electron chi connectivity index (χ1n) is 7.92. The number of hydrogen-bond donors (Lipinski definition) is 1. The number of methoxy groups -OCH3 is 1. The van der Waals surface area contributed by atoms with E-state index in [1.807, 2.05) is 24.4 Å². The summed E-state index contributed by atoms with van der Waals surface area (Å²) in [4.78, 5) is 4.83. The second-order valence-corrected chi connectivity index (χ2v) is 5.68. The summed E-state index contributed by atoms with van der Waals surface area (Å²) in [6, 6.07) is 5.66. The Morgan fingerprint density at radius 1 is 1.04 bits per heavy atom. The highest BCUT2D eigenvalue weighted by Gasteiger charge is 2.13. The highest BCUT2D eigenvalue weighted by molar-refractivity contribution is 5.84. The maximum atomic E-state index is 12.4. The molecule has 0 saturated carbocycles. The molecule has 0 fully saturated rings. The molecule has 7 heteroatoms. The average Bonchev–Trinajstić information content (AvgIpc) is 2.95. The number of H-pyrrole nitrogens is 1. The lowest BCUT2D eigenvalue weighted by molar-refractivity contribution is 0.0954. The van der Waals surface area contributed by atoms with Crippen molar-refractivity contribution in [2.24, 2.45) is 0 Å². The largest absolute Gasteiger partial charge is 0.497 e. The standard InChI is InChI=1S/C17H22F4N2O/c1-24-13-2-3-15-14(10-13)12(11-22-15)4-7-23(8-5-16(18)19)9-6-17(20)21/h2-3,10-11,16-17,22H,4-9H2,1H3. The molecule has 2 aromatic rings. The predicted molar refractivity (Wildman–Crippen MR) is 86.2 cm³/mol. The summed E-state index contributed by atoms with van der Waals surface area (Å²) in [5, 5.41) is 0.997. The van der Waals surface area contributed by atoms with Crippen molar-refractivity contribution in [1.82, 2.24) is 9.88 Å². The third kappa shape index (κ3) is 5.40. The number of nitrogens with zero attached hydrogens (tertiary/aromatic N) is 1. The van der Waals surface area contributed by atoms with Crippen molar-refractivity contribution in [3.05, 3.63) is 30.0 Å². The van der Waals surface area contributed by atoms with E-state index in [1.165, 1.54) is 0 Å². The quantitative estimate of drug-likeness (QED) is 0.649. The molecule has 0 saturated heterocycles. The molecule has 0 atom stereocenters. The first kappa shape index (κ1) is 18.6. The molecule has 0 bridgehead atoms. The van der Waals surface area contributed by atoms with Crippen LogP contribution in [0.15, 0.2) is 24.4 Å². The zero-order chi connectivity index (χ0) is 17.5. The van der Waals surface area contributed by atoms with Gasteiger partial charge in [-0.2, -0.15) is 0 Å². The third-order valence-corrected chi connectivity index (χ3v) is 4.00. The Balaban J connectivity index is 2.01. The van der Waals surface area contributed by atoms with Gasteiger partial charge in [0, 0.05) is 49.6 Å². The van der Waals surface area contributed by atoms with Crippen LogP contribution in [0.5, 0.6) is 5.75 Å². The summed E-state index contributed by atoms with van der Waals surface area (Å²) < 4.78 is 54.8. The highest BCUT2D eigenvalue weighted by atomic mass is 19.3. The minimum atomic E-state index is -2.42. The number of fused-ring (bicyclic) bond motifs is 1. The van der Waals surface area contributed by atoms with Gasteiger partial charge in [0.15, 0.2) is 0 Å². The van der Waals surface area contributed by atoms with E-state index in [9.17, 15) is 17.6 Å². The van der Waals surface area contributed by atoms with Crippen molar-refractivity contribution in [2.75, 3.05) is 26.7 Å². The van der Waals surface area contributed by atoms with Crippen LogP contribution in [0.1, 0.15) is 18.4 Å². The van der Waals surface area contributed by atoms with E-state index < -0.39 is 12.9 Å². The van der Waals surface area contributed by atoms with Crippen molar-refractivity contribution < 1.29 is 22.3 Å². The number of alkyl halides is 4. The molecule has 134 valence electrons. The molecule has 0 spiro atoms. The lowest BCUT2D eigenvalue weighted by Gasteiger charge is -2.22. The van der Waals surface area contributed by atoms with Crippen molar-refractivity contribution in [1.29, 1.82) is 0 Å². The molecule has 24 heavy (non-hydrogen) atoms. The van der Waals surface area contributed by atoms with Gasteiger partial charge in [0.2, 0.25) is 12.9 Å². The highest BCUT2D eigenvalue weighted by Crippen LogP contribution is 2.24. The molecule has 0 aliphatic carbocycles. The molecule has 1 N–H and O–H groups in total. The summed E-state index contributed by atoms with van der Waals surface area (Å²) >= 11 is 0. The fraction of sp³-hybridized carbons (Fsp3) is 0.529. The van der Waals surface area contributed by atoms with E-state index in [1.54, 1.807) is 12.0 Å². The van der Waals surface area contributed by atoms with Crippen LogP contribution in [-0.4, -0.2) is 49.5 Å². The minimum absolute atomic E-state index is 0.121. The van der Waals surface area contributed by atoms with Gasteiger partial charge in [0.1, 0.15) is 5.75 Å². The van der Waals surface area contributed by atoms with E-state index in [4.69, 9.17) is 4.74 Å². The van der Waals surface area contributed by atoms with Crippen LogP contribution in [0.4, 0.5) is 17.6 Å². The summed E-state index contributed by atoms with van der Waals surface area (Å²) in [5.74, 6) is 0.732. The predicted octanol–water partition coefficient (Wildman–Crippen LogP) is 4.33. The van der Waals surface area contributed by atoms with Crippen LogP contribution in [0.25, 0.3) is 10.9 Å². The van der Waals surface area contributed by atoms with Gasteiger partial charge in [-0.05, 0) is 30.2 Å². The van der Waals surface area contributed by atoms with Gasteiger partial charge < -0.3 is 14.6 Å². The van der Waals surface area contributed by atoms with Crippen LogP contribution >= 0.6 is 0 Å². The fourth-order valence-corrected chi connectivity index (χ4v) is 2.67. The molecule has 0 aliphatic rings. The summed E-state index contributed by atoms with van der Waals surface area (Å²) in [7, 11) is 1.59. The Hall–Kier alpha value is -1.76. The Labute approximate surface area is 138 Å². The first-order chi connectivity index (χ1) is 11.5. The van der Waals surface area contributed by atoms with E-state index in [2.05, 4.69) is 4.98 Å². The molecule has 1 aromatic heterocycles. The number of benzene rings is 1. The van der Waals surface area contributed by atoms with Gasteiger partial charge in [0.05, 0.1) is 7.11 Å². The van der Waals surface area contributed by atoms with Gasteiger partial charge in [0.25, 0.3) is 0 Å². The van der Waals surface area contributed by atoms with Crippen molar-refractivity contribution in [3.8, 4) is 5.75 Å². The van der Waals surface area contributed by atoms with Crippen LogP contribution < -0.4 is 4.74 Å². The van der Waals surface area contributed by atoms with E-state index >= 15 is 0 Å². The first-order valence-corrected chi connectivity index (χ1v) is 7.92. The zero-order valence-electron chi connectivity index (χ0n) is 13.6. The molecular formula is C17H22F4N2O. The SMILES string of the molecule is COc1ccc2[nH]cc(CCN(CCC(F)F)CCC(F)F)c2c1. The number of aromatic amines is 1. The summed E-state index contributed by atoms with van der Waals surface area (Å²) in [6.07, 6.45) is -2.98. The molecule has 1 heterocycles. The number of halogens is 4. The van der Waals surface area contributed by atoms with E-state index in [0.717, 1.165) is 22.2 Å². The third-order valence-electron chi connectivity index (χ3n) is 4.00. The molecule has 3 nitrogen and oxygen atoms in total. The molecule has 2 rings (SSSR count). The van der Waals surface area contributed by atoms with E-state index in [0.29, 0.717) is 13.0 Å². The minimum Gasteiger partial charge on any atom is -0.497 e. The Morgan fingerprint density at radius 2 is 1.71 bits per heavy atom. The lowest BCUT2D eigenvalue weighted by Crippen LogP contribution is -2.30.